The maximum absolute atomic E-state index is 14.9. The SMILES string of the molecule is CC(C)(C#N)c1ccc(CCC2(C3CCCC3)CC(=O)C(Cc3cn4cccnc4n3)C(=O)O2)cc1F. The average molecular weight is 503 g/mol. The molecule has 0 N–H and O–H groups in total. The van der Waals surface area contributed by atoms with E-state index in [1.54, 1.807) is 42.8 Å². The summed E-state index contributed by atoms with van der Waals surface area (Å²) in [6.07, 6.45) is 10.4. The summed E-state index contributed by atoms with van der Waals surface area (Å²) in [6, 6.07) is 8.88. The zero-order valence-electron chi connectivity index (χ0n) is 21.2. The Morgan fingerprint density at radius 2 is 2.05 bits per heavy atom. The van der Waals surface area contributed by atoms with E-state index < -0.39 is 28.7 Å². The fraction of sp³-hybridized carbons (Fsp3) is 0.483. The van der Waals surface area contributed by atoms with E-state index in [0.29, 0.717) is 29.9 Å². The number of ketones is 1. The fourth-order valence-corrected chi connectivity index (χ4v) is 5.90. The van der Waals surface area contributed by atoms with Crippen LogP contribution in [0.15, 0.2) is 42.9 Å². The van der Waals surface area contributed by atoms with Crippen molar-refractivity contribution >= 4 is 17.5 Å². The highest BCUT2D eigenvalue weighted by molar-refractivity contribution is 6.01. The molecule has 2 unspecified atom stereocenters. The molecule has 8 heteroatoms. The quantitative estimate of drug-likeness (QED) is 0.337. The van der Waals surface area contributed by atoms with Crippen molar-refractivity contribution in [1.82, 2.24) is 14.4 Å². The monoisotopic (exact) mass is 502 g/mol. The predicted molar refractivity (Wildman–Crippen MR) is 134 cm³/mol. The zero-order chi connectivity index (χ0) is 26.2. The van der Waals surface area contributed by atoms with Crippen molar-refractivity contribution in [3.05, 3.63) is 65.5 Å². The third-order valence-electron chi connectivity index (χ3n) is 8.07. The van der Waals surface area contributed by atoms with Crippen LogP contribution in [0, 0.1) is 29.0 Å². The number of halogens is 1. The van der Waals surface area contributed by atoms with E-state index in [1.807, 2.05) is 12.3 Å². The molecule has 3 heterocycles. The summed E-state index contributed by atoms with van der Waals surface area (Å²) < 4.78 is 22.8. The normalized spacial score (nSPS) is 22.8. The predicted octanol–water partition coefficient (Wildman–Crippen LogP) is 4.91. The van der Waals surface area contributed by atoms with Gasteiger partial charge in [0.1, 0.15) is 17.3 Å². The van der Waals surface area contributed by atoms with Gasteiger partial charge in [0, 0.05) is 37.0 Å². The Labute approximate surface area is 215 Å². The summed E-state index contributed by atoms with van der Waals surface area (Å²) in [4.78, 5) is 35.3. The van der Waals surface area contributed by atoms with Gasteiger partial charge in [0.2, 0.25) is 5.78 Å². The standard InChI is InChI=1S/C29H31FN4O3/c1-28(2,18-31)23-9-8-19(14-24(23)30)10-11-29(20-6-3-4-7-20)16-25(35)22(26(36)37-29)15-21-17-34-13-5-12-32-27(34)33-21/h5,8-9,12-14,17,20,22H,3-4,6-7,10-11,15-16H2,1-2H3. The molecule has 1 saturated heterocycles. The number of carbonyl (C=O) groups excluding carboxylic acids is 2. The second kappa shape index (κ2) is 9.70. The molecule has 0 spiro atoms. The number of cyclic esters (lactones) is 1. The largest absolute Gasteiger partial charge is 0.458 e. The lowest BCUT2D eigenvalue weighted by Crippen LogP contribution is -2.52. The van der Waals surface area contributed by atoms with Crippen LogP contribution in [-0.2, 0) is 32.6 Å². The van der Waals surface area contributed by atoms with Gasteiger partial charge in [-0.3, -0.25) is 14.0 Å². The number of Topliss-reactive ketones (excluding diaryl/α,β-unsaturated/α-hetero) is 1. The van der Waals surface area contributed by atoms with Gasteiger partial charge in [0.15, 0.2) is 5.78 Å². The van der Waals surface area contributed by atoms with Gasteiger partial charge in [0.25, 0.3) is 0 Å². The van der Waals surface area contributed by atoms with E-state index in [-0.39, 0.29) is 24.5 Å². The first-order valence-electron chi connectivity index (χ1n) is 13.0. The molecule has 2 atom stereocenters. The molecule has 0 radical (unpaired) electrons. The smallest absolute Gasteiger partial charge is 0.317 e. The van der Waals surface area contributed by atoms with Crippen LogP contribution in [0.1, 0.15) is 69.2 Å². The number of rotatable bonds is 7. The van der Waals surface area contributed by atoms with Gasteiger partial charge in [-0.15, -0.1) is 0 Å². The van der Waals surface area contributed by atoms with Crippen LogP contribution in [-0.4, -0.2) is 31.7 Å². The third-order valence-corrected chi connectivity index (χ3v) is 8.07. The van der Waals surface area contributed by atoms with Gasteiger partial charge in [-0.2, -0.15) is 5.26 Å². The summed E-state index contributed by atoms with van der Waals surface area (Å²) in [7, 11) is 0. The van der Waals surface area contributed by atoms with Crippen LogP contribution in [0.25, 0.3) is 5.78 Å². The number of nitrogens with zero attached hydrogens (tertiary/aromatic N) is 4. The van der Waals surface area contributed by atoms with E-state index >= 15 is 0 Å². The Balaban J connectivity index is 1.34. The average Bonchev–Trinajstić information content (AvgIpc) is 3.55. The number of ether oxygens (including phenoxy) is 1. The summed E-state index contributed by atoms with van der Waals surface area (Å²) in [6.45, 7) is 3.37. The Bertz CT molecular complexity index is 1330. The number of esters is 1. The molecule has 2 fully saturated rings. The molecule has 2 aliphatic rings. The van der Waals surface area contributed by atoms with Crippen LogP contribution in [0.5, 0.6) is 0 Å². The fourth-order valence-electron chi connectivity index (χ4n) is 5.90. The highest BCUT2D eigenvalue weighted by Gasteiger charge is 2.51. The van der Waals surface area contributed by atoms with Gasteiger partial charge >= 0.3 is 5.97 Å². The minimum absolute atomic E-state index is 0.113. The summed E-state index contributed by atoms with van der Waals surface area (Å²) >= 11 is 0. The van der Waals surface area contributed by atoms with Gasteiger partial charge in [-0.05, 0) is 63.1 Å². The number of hydrogen-bond acceptors (Lipinski definition) is 6. The van der Waals surface area contributed by atoms with Crippen LogP contribution in [0.2, 0.25) is 0 Å². The van der Waals surface area contributed by atoms with Gasteiger partial charge in [0.05, 0.1) is 17.2 Å². The second-order valence-electron chi connectivity index (χ2n) is 11.0. The summed E-state index contributed by atoms with van der Waals surface area (Å²) in [5, 5.41) is 9.37. The molecule has 7 nitrogen and oxygen atoms in total. The lowest BCUT2D eigenvalue weighted by atomic mass is 9.73. The highest BCUT2D eigenvalue weighted by atomic mass is 19.1. The van der Waals surface area contributed by atoms with Crippen LogP contribution in [0.4, 0.5) is 4.39 Å². The van der Waals surface area contributed by atoms with Gasteiger partial charge < -0.3 is 4.74 Å². The first-order valence-corrected chi connectivity index (χ1v) is 13.0. The Morgan fingerprint density at radius 3 is 2.73 bits per heavy atom. The number of fused-ring (bicyclic) bond motifs is 1. The molecule has 1 aliphatic heterocycles. The van der Waals surface area contributed by atoms with Crippen molar-refractivity contribution in [2.24, 2.45) is 11.8 Å². The Kier molecular flexibility index (Phi) is 6.57. The van der Waals surface area contributed by atoms with Gasteiger partial charge in [-0.1, -0.05) is 25.0 Å². The lowest BCUT2D eigenvalue weighted by molar-refractivity contribution is -0.185. The maximum atomic E-state index is 14.9. The first-order chi connectivity index (χ1) is 17.7. The number of aryl methyl sites for hydroxylation is 1. The van der Waals surface area contributed by atoms with Gasteiger partial charge in [-0.25, -0.2) is 14.4 Å². The molecule has 5 rings (SSSR count). The molecular weight excluding hydrogens is 471 g/mol. The number of aromatic nitrogens is 3. The summed E-state index contributed by atoms with van der Waals surface area (Å²) in [5.74, 6) is -1.29. The zero-order valence-corrected chi connectivity index (χ0v) is 21.2. The van der Waals surface area contributed by atoms with Crippen molar-refractivity contribution in [3.8, 4) is 6.07 Å². The molecule has 0 bridgehead atoms. The number of nitriles is 1. The van der Waals surface area contributed by atoms with Crippen LogP contribution < -0.4 is 0 Å². The van der Waals surface area contributed by atoms with Crippen LogP contribution >= 0.6 is 0 Å². The molecule has 37 heavy (non-hydrogen) atoms. The molecule has 1 aromatic carbocycles. The van der Waals surface area contributed by atoms with Crippen molar-refractivity contribution in [3.63, 3.8) is 0 Å². The van der Waals surface area contributed by atoms with E-state index in [9.17, 15) is 19.2 Å². The number of imidazole rings is 1. The third kappa shape index (κ3) is 4.87. The van der Waals surface area contributed by atoms with E-state index in [0.717, 1.165) is 31.2 Å². The molecule has 3 aromatic rings. The number of benzene rings is 1. The lowest BCUT2D eigenvalue weighted by Gasteiger charge is -2.43. The summed E-state index contributed by atoms with van der Waals surface area (Å²) in [5.41, 5.74) is -0.0600. The minimum atomic E-state index is -0.926. The molecule has 1 saturated carbocycles. The molecule has 192 valence electrons. The minimum Gasteiger partial charge on any atom is -0.458 e. The number of hydrogen-bond donors (Lipinski definition) is 0. The molecule has 1 aliphatic carbocycles. The van der Waals surface area contributed by atoms with Crippen molar-refractivity contribution in [2.75, 3.05) is 0 Å². The number of carbonyl (C=O) groups is 2. The Morgan fingerprint density at radius 1 is 1.27 bits per heavy atom. The van der Waals surface area contributed by atoms with E-state index in [4.69, 9.17) is 4.74 Å². The molecule has 0 amide bonds. The topological polar surface area (TPSA) is 97.4 Å². The molecule has 2 aromatic heterocycles. The van der Waals surface area contributed by atoms with Crippen LogP contribution in [0.3, 0.4) is 0 Å². The van der Waals surface area contributed by atoms with Crippen molar-refractivity contribution in [1.29, 1.82) is 5.26 Å². The first kappa shape index (κ1) is 25.1. The molecular formula is C29H31FN4O3. The van der Waals surface area contributed by atoms with E-state index in [2.05, 4.69) is 16.0 Å². The van der Waals surface area contributed by atoms with E-state index in [1.165, 1.54) is 6.07 Å². The highest BCUT2D eigenvalue weighted by Crippen LogP contribution is 2.45. The maximum Gasteiger partial charge on any atom is 0.317 e. The second-order valence-corrected chi connectivity index (χ2v) is 11.0. The Hall–Kier alpha value is -3.60. The van der Waals surface area contributed by atoms with Crippen molar-refractivity contribution in [2.45, 2.75) is 76.2 Å². The van der Waals surface area contributed by atoms with Crippen molar-refractivity contribution < 1.29 is 18.7 Å².